The second-order valence-corrected chi connectivity index (χ2v) is 4.94. The second-order valence-electron chi connectivity index (χ2n) is 4.94. The molecule has 22 heavy (non-hydrogen) atoms. The molecule has 106 valence electrons. The van der Waals surface area contributed by atoms with E-state index in [1.165, 1.54) is 0 Å². The van der Waals surface area contributed by atoms with Crippen LogP contribution < -0.4 is 5.43 Å². The van der Waals surface area contributed by atoms with Gasteiger partial charge >= 0.3 is 0 Å². The first kappa shape index (κ1) is 12.5. The van der Waals surface area contributed by atoms with Gasteiger partial charge in [-0.05, 0) is 6.07 Å². The highest BCUT2D eigenvalue weighted by Crippen LogP contribution is 2.19. The molecule has 4 aromatic rings. The minimum absolute atomic E-state index is 0.647. The van der Waals surface area contributed by atoms with Crippen LogP contribution in [0.4, 0.5) is 5.82 Å². The van der Waals surface area contributed by atoms with Crippen LogP contribution in [0.3, 0.4) is 0 Å². The fraction of sp³-hybridized carbons (Fsp3) is 0. The number of aromatic amines is 1. The van der Waals surface area contributed by atoms with Gasteiger partial charge in [0.05, 0.1) is 12.4 Å². The second kappa shape index (κ2) is 5.29. The third-order valence-electron chi connectivity index (χ3n) is 3.57. The highest BCUT2D eigenvalue weighted by atomic mass is 15.3. The Kier molecular flexibility index (Phi) is 3.01. The van der Waals surface area contributed by atoms with Crippen molar-refractivity contribution in [1.82, 2.24) is 15.2 Å². The van der Waals surface area contributed by atoms with Gasteiger partial charge in [-0.15, -0.1) is 5.10 Å². The molecule has 2 aromatic heterocycles. The molecule has 2 heterocycles. The number of anilines is 1. The molecule has 0 aliphatic rings. The number of nitrogens with one attached hydrogen (secondary N) is 2. The number of aromatic nitrogens is 3. The molecular weight excluding hydrogens is 274 g/mol. The number of hydrazone groups is 1. The predicted octanol–water partition coefficient (Wildman–Crippen LogP) is 3.56. The van der Waals surface area contributed by atoms with Crippen LogP contribution in [-0.2, 0) is 0 Å². The topological polar surface area (TPSA) is 66.0 Å². The molecule has 0 radical (unpaired) electrons. The van der Waals surface area contributed by atoms with Gasteiger partial charge in [0.15, 0.2) is 5.82 Å². The van der Waals surface area contributed by atoms with E-state index in [4.69, 9.17) is 0 Å². The lowest BCUT2D eigenvalue weighted by Crippen LogP contribution is -1.96. The van der Waals surface area contributed by atoms with Crippen molar-refractivity contribution >= 4 is 33.7 Å². The maximum atomic E-state index is 4.29. The molecule has 2 aromatic carbocycles. The number of H-pyrrole nitrogens is 1. The summed E-state index contributed by atoms with van der Waals surface area (Å²) >= 11 is 0. The predicted molar refractivity (Wildman–Crippen MR) is 89.1 cm³/mol. The Hall–Kier alpha value is -3.21. The SMILES string of the molecule is C(=N\Nc1nncc2ccccc12)/c1c[nH]c2ccccc12. The lowest BCUT2D eigenvalue weighted by Gasteiger charge is -2.02. The average molecular weight is 287 g/mol. The highest BCUT2D eigenvalue weighted by molar-refractivity contribution is 5.99. The van der Waals surface area contributed by atoms with E-state index >= 15 is 0 Å². The van der Waals surface area contributed by atoms with Crippen molar-refractivity contribution in [3.05, 3.63) is 66.5 Å². The molecule has 0 atom stereocenters. The van der Waals surface area contributed by atoms with Gasteiger partial charge in [0.25, 0.3) is 0 Å². The minimum atomic E-state index is 0.647. The van der Waals surface area contributed by atoms with Crippen LogP contribution in [0.5, 0.6) is 0 Å². The fourth-order valence-corrected chi connectivity index (χ4v) is 2.47. The maximum absolute atomic E-state index is 4.29. The van der Waals surface area contributed by atoms with E-state index in [0.717, 1.165) is 27.2 Å². The molecule has 5 heteroatoms. The molecule has 0 saturated heterocycles. The zero-order valence-electron chi connectivity index (χ0n) is 11.7. The van der Waals surface area contributed by atoms with Gasteiger partial charge < -0.3 is 4.98 Å². The summed E-state index contributed by atoms with van der Waals surface area (Å²) in [6, 6.07) is 16.1. The number of fused-ring (bicyclic) bond motifs is 2. The molecule has 0 bridgehead atoms. The van der Waals surface area contributed by atoms with Crippen molar-refractivity contribution in [2.45, 2.75) is 0 Å². The summed E-state index contributed by atoms with van der Waals surface area (Å²) in [7, 11) is 0. The van der Waals surface area contributed by atoms with Crippen LogP contribution >= 0.6 is 0 Å². The van der Waals surface area contributed by atoms with Crippen molar-refractivity contribution in [3.8, 4) is 0 Å². The van der Waals surface area contributed by atoms with E-state index in [-0.39, 0.29) is 0 Å². The van der Waals surface area contributed by atoms with Gasteiger partial charge in [0.1, 0.15) is 0 Å². The van der Waals surface area contributed by atoms with Crippen LogP contribution in [0.25, 0.3) is 21.7 Å². The summed E-state index contributed by atoms with van der Waals surface area (Å²) in [5.74, 6) is 0.647. The summed E-state index contributed by atoms with van der Waals surface area (Å²) in [5, 5.41) is 15.5. The van der Waals surface area contributed by atoms with Crippen LogP contribution in [0, 0.1) is 0 Å². The van der Waals surface area contributed by atoms with E-state index in [1.54, 1.807) is 12.4 Å². The first-order chi connectivity index (χ1) is 10.9. The third kappa shape index (κ3) is 2.18. The Morgan fingerprint density at radius 2 is 1.82 bits per heavy atom. The van der Waals surface area contributed by atoms with Crippen molar-refractivity contribution < 1.29 is 0 Å². The molecule has 0 fully saturated rings. The Balaban J connectivity index is 1.64. The van der Waals surface area contributed by atoms with Crippen molar-refractivity contribution in [3.63, 3.8) is 0 Å². The number of hydrogen-bond donors (Lipinski definition) is 2. The molecule has 2 N–H and O–H groups in total. The van der Waals surface area contributed by atoms with E-state index in [9.17, 15) is 0 Å². The molecule has 0 aliphatic heterocycles. The van der Waals surface area contributed by atoms with Crippen LogP contribution in [0.1, 0.15) is 5.56 Å². The number of rotatable bonds is 3. The Morgan fingerprint density at radius 1 is 1.00 bits per heavy atom. The molecular formula is C17H13N5. The summed E-state index contributed by atoms with van der Waals surface area (Å²) < 4.78 is 0. The standard InChI is InChI=1S/C17H13N5/c1-2-7-15-12(5-1)10-19-21-17(15)22-20-11-13-9-18-16-8-4-3-6-14(13)16/h1-11,18H,(H,21,22)/b20-11+. The molecule has 5 nitrogen and oxygen atoms in total. The molecule has 0 saturated carbocycles. The van der Waals surface area contributed by atoms with Gasteiger partial charge in [-0.1, -0.05) is 42.5 Å². The van der Waals surface area contributed by atoms with Crippen molar-refractivity contribution in [2.24, 2.45) is 5.10 Å². The fourth-order valence-electron chi connectivity index (χ4n) is 2.47. The van der Waals surface area contributed by atoms with Gasteiger partial charge in [-0.3, -0.25) is 5.43 Å². The Bertz CT molecular complexity index is 966. The lowest BCUT2D eigenvalue weighted by atomic mass is 10.2. The average Bonchev–Trinajstić information content (AvgIpc) is 2.99. The normalized spacial score (nSPS) is 11.5. The number of hydrogen-bond acceptors (Lipinski definition) is 4. The first-order valence-electron chi connectivity index (χ1n) is 6.97. The maximum Gasteiger partial charge on any atom is 0.176 e. The zero-order valence-corrected chi connectivity index (χ0v) is 11.7. The lowest BCUT2D eigenvalue weighted by molar-refractivity contribution is 1.04. The van der Waals surface area contributed by atoms with Gasteiger partial charge in [0.2, 0.25) is 0 Å². The summed E-state index contributed by atoms with van der Waals surface area (Å²) in [4.78, 5) is 3.22. The van der Waals surface area contributed by atoms with Gasteiger partial charge in [0, 0.05) is 33.4 Å². The zero-order chi connectivity index (χ0) is 14.8. The summed E-state index contributed by atoms with van der Waals surface area (Å²) in [6.45, 7) is 0. The summed E-state index contributed by atoms with van der Waals surface area (Å²) in [5.41, 5.74) is 5.09. The van der Waals surface area contributed by atoms with Crippen LogP contribution in [-0.4, -0.2) is 21.4 Å². The van der Waals surface area contributed by atoms with E-state index in [1.807, 2.05) is 48.7 Å². The highest BCUT2D eigenvalue weighted by Gasteiger charge is 2.02. The smallest absolute Gasteiger partial charge is 0.176 e. The molecule has 0 unspecified atom stereocenters. The van der Waals surface area contributed by atoms with Crippen LogP contribution in [0.2, 0.25) is 0 Å². The number of benzene rings is 2. The van der Waals surface area contributed by atoms with E-state index in [2.05, 4.69) is 31.8 Å². The number of nitrogens with zero attached hydrogens (tertiary/aromatic N) is 3. The third-order valence-corrected chi connectivity index (χ3v) is 3.57. The van der Waals surface area contributed by atoms with E-state index < -0.39 is 0 Å². The largest absolute Gasteiger partial charge is 0.361 e. The quantitative estimate of drug-likeness (QED) is 0.447. The van der Waals surface area contributed by atoms with Gasteiger partial charge in [-0.2, -0.15) is 10.2 Å². The number of para-hydroxylation sites is 1. The molecule has 0 amide bonds. The van der Waals surface area contributed by atoms with Gasteiger partial charge in [-0.25, -0.2) is 0 Å². The minimum Gasteiger partial charge on any atom is -0.361 e. The Morgan fingerprint density at radius 3 is 2.77 bits per heavy atom. The van der Waals surface area contributed by atoms with Crippen molar-refractivity contribution in [2.75, 3.05) is 5.43 Å². The molecule has 4 rings (SSSR count). The monoisotopic (exact) mass is 287 g/mol. The Labute approximate surface area is 126 Å². The first-order valence-corrected chi connectivity index (χ1v) is 6.97. The van der Waals surface area contributed by atoms with E-state index in [0.29, 0.717) is 5.82 Å². The molecule has 0 aliphatic carbocycles. The molecule has 0 spiro atoms. The van der Waals surface area contributed by atoms with Crippen molar-refractivity contribution in [1.29, 1.82) is 0 Å². The summed E-state index contributed by atoms with van der Waals surface area (Å²) in [6.07, 6.45) is 5.46. The van der Waals surface area contributed by atoms with Crippen LogP contribution in [0.15, 0.2) is 66.0 Å².